The molecule has 0 atom stereocenters. The molecule has 0 aliphatic rings. The van der Waals surface area contributed by atoms with Crippen molar-refractivity contribution < 1.29 is 9.05 Å². The molecule has 0 saturated heterocycles. The summed E-state index contributed by atoms with van der Waals surface area (Å²) in [6.45, 7) is 5.03. The Kier molecular flexibility index (Phi) is 5.64. The van der Waals surface area contributed by atoms with E-state index in [1.165, 1.54) is 0 Å². The Balaban J connectivity index is 3.69. The van der Waals surface area contributed by atoms with Crippen molar-refractivity contribution in [2.75, 3.05) is 13.2 Å². The quantitative estimate of drug-likeness (QED) is 0.513. The summed E-state index contributed by atoms with van der Waals surface area (Å²) in [4.78, 5) is 0. The zero-order chi connectivity index (χ0) is 8.74. The van der Waals surface area contributed by atoms with Gasteiger partial charge in [0.05, 0.1) is 13.2 Å². The van der Waals surface area contributed by atoms with Crippen LogP contribution < -0.4 is 5.50 Å². The second kappa shape index (κ2) is 5.63. The molecule has 0 rings (SSSR count). The van der Waals surface area contributed by atoms with Crippen molar-refractivity contribution in [3.05, 3.63) is 25.3 Å². The fourth-order valence-electron chi connectivity index (χ4n) is 0.350. The van der Waals surface area contributed by atoms with E-state index in [-0.39, 0.29) is 0 Å². The van der Waals surface area contributed by atoms with Crippen LogP contribution >= 0.6 is 6.64 Å². The van der Waals surface area contributed by atoms with Gasteiger partial charge in [-0.05, 0) is 11.8 Å². The fraction of sp³-hybridized carbons (Fsp3) is 0.333. The summed E-state index contributed by atoms with van der Waals surface area (Å²) in [7, 11) is 0. The van der Waals surface area contributed by atoms with Crippen molar-refractivity contribution in [1.29, 1.82) is 0 Å². The van der Waals surface area contributed by atoms with Gasteiger partial charge >= 0.3 is 0 Å². The average molecular weight is 193 g/mol. The van der Waals surface area contributed by atoms with Gasteiger partial charge in [0.15, 0.2) is 0 Å². The molecule has 0 bridgehead atoms. The third-order valence-corrected chi connectivity index (χ3v) is 2.40. The smallest absolute Gasteiger partial charge is 0.259 e. The summed E-state index contributed by atoms with van der Waals surface area (Å²) in [5.41, 5.74) is 5.47. The molecular formula is C6H12NO2PS. The van der Waals surface area contributed by atoms with Crippen molar-refractivity contribution in [1.82, 2.24) is 0 Å². The molecule has 0 aromatic rings. The molecule has 0 aliphatic carbocycles. The number of hydrogen-bond donors (Lipinski definition) is 1. The van der Waals surface area contributed by atoms with Gasteiger partial charge in [0.1, 0.15) is 0 Å². The van der Waals surface area contributed by atoms with Crippen molar-refractivity contribution in [2.24, 2.45) is 5.50 Å². The lowest BCUT2D eigenvalue weighted by Crippen LogP contribution is -2.03. The monoisotopic (exact) mass is 193 g/mol. The summed E-state index contributed by atoms with van der Waals surface area (Å²) in [5.74, 6) is 0. The maximum absolute atomic E-state index is 5.47. The van der Waals surface area contributed by atoms with Gasteiger partial charge in [-0.25, -0.2) is 0 Å². The molecule has 0 aromatic heterocycles. The Morgan fingerprint density at radius 2 is 1.64 bits per heavy atom. The lowest BCUT2D eigenvalue weighted by molar-refractivity contribution is 0.288. The molecule has 64 valence electrons. The number of nitrogens with two attached hydrogens (primary N) is 1. The second-order valence-corrected chi connectivity index (χ2v) is 4.83. The van der Waals surface area contributed by atoms with E-state index in [0.29, 0.717) is 13.2 Å². The van der Waals surface area contributed by atoms with Crippen molar-refractivity contribution >= 4 is 18.4 Å². The first-order chi connectivity index (χ1) is 5.12. The molecule has 0 spiro atoms. The predicted octanol–water partition coefficient (Wildman–Crippen LogP) is 1.57. The molecule has 0 aromatic carbocycles. The third kappa shape index (κ3) is 6.41. The van der Waals surface area contributed by atoms with Crippen molar-refractivity contribution in [3.8, 4) is 0 Å². The molecule has 0 fully saturated rings. The summed E-state index contributed by atoms with van der Waals surface area (Å²) in [5, 5.41) is 0. The highest BCUT2D eigenvalue weighted by Crippen LogP contribution is 2.38. The third-order valence-electron chi connectivity index (χ3n) is 0.745. The highest BCUT2D eigenvalue weighted by Gasteiger charge is 2.09. The van der Waals surface area contributed by atoms with Gasteiger partial charge in [0.2, 0.25) is 0 Å². The molecular weight excluding hydrogens is 181 g/mol. The minimum Gasteiger partial charge on any atom is -0.314 e. The fourth-order valence-corrected chi connectivity index (χ4v) is 1.42. The van der Waals surface area contributed by atoms with Crippen LogP contribution in [0.1, 0.15) is 0 Å². The van der Waals surface area contributed by atoms with E-state index >= 15 is 0 Å². The Morgan fingerprint density at radius 1 is 1.27 bits per heavy atom. The Morgan fingerprint density at radius 3 is 1.91 bits per heavy atom. The largest absolute Gasteiger partial charge is 0.314 e. The molecule has 0 amide bonds. The maximum atomic E-state index is 5.47. The molecule has 11 heavy (non-hydrogen) atoms. The zero-order valence-corrected chi connectivity index (χ0v) is 7.94. The summed E-state index contributed by atoms with van der Waals surface area (Å²) >= 11 is 4.82. The van der Waals surface area contributed by atoms with Crippen LogP contribution in [0, 0.1) is 0 Å². The summed E-state index contributed by atoms with van der Waals surface area (Å²) in [6, 6.07) is 0. The van der Waals surface area contributed by atoms with Gasteiger partial charge < -0.3 is 9.05 Å². The molecule has 0 heterocycles. The average Bonchev–Trinajstić information content (AvgIpc) is 1.97. The van der Waals surface area contributed by atoms with Crippen LogP contribution in [0.2, 0.25) is 0 Å². The van der Waals surface area contributed by atoms with Crippen LogP contribution in [-0.2, 0) is 20.9 Å². The Hall–Kier alpha value is 0.0100. The predicted molar refractivity (Wildman–Crippen MR) is 50.8 cm³/mol. The minimum absolute atomic E-state index is 0.324. The van der Waals surface area contributed by atoms with Crippen LogP contribution in [0.3, 0.4) is 0 Å². The first-order valence-electron chi connectivity index (χ1n) is 3.02. The second-order valence-electron chi connectivity index (χ2n) is 1.71. The van der Waals surface area contributed by atoms with Crippen LogP contribution in [-0.4, -0.2) is 13.2 Å². The first-order valence-corrected chi connectivity index (χ1v) is 5.72. The van der Waals surface area contributed by atoms with Crippen LogP contribution in [0.15, 0.2) is 25.3 Å². The summed E-state index contributed by atoms with van der Waals surface area (Å²) in [6.07, 6.45) is 3.15. The van der Waals surface area contributed by atoms with E-state index in [9.17, 15) is 0 Å². The molecule has 0 saturated carbocycles. The van der Waals surface area contributed by atoms with E-state index in [2.05, 4.69) is 13.2 Å². The lowest BCUT2D eigenvalue weighted by Gasteiger charge is -2.14. The molecule has 0 unspecified atom stereocenters. The van der Waals surface area contributed by atoms with Gasteiger partial charge in [-0.15, -0.1) is 13.2 Å². The number of hydrogen-bond acceptors (Lipinski definition) is 3. The zero-order valence-electron chi connectivity index (χ0n) is 6.23. The van der Waals surface area contributed by atoms with E-state index in [1.54, 1.807) is 12.2 Å². The SMILES string of the molecule is C=CCOP(N)(=S)OCC=C. The van der Waals surface area contributed by atoms with E-state index in [4.69, 9.17) is 26.4 Å². The minimum atomic E-state index is -2.53. The van der Waals surface area contributed by atoms with E-state index in [1.807, 2.05) is 0 Å². The maximum Gasteiger partial charge on any atom is 0.259 e. The van der Waals surface area contributed by atoms with Crippen LogP contribution in [0.25, 0.3) is 0 Å². The van der Waals surface area contributed by atoms with Gasteiger partial charge in [-0.3, -0.25) is 5.50 Å². The topological polar surface area (TPSA) is 44.5 Å². The van der Waals surface area contributed by atoms with Crippen LogP contribution in [0.4, 0.5) is 0 Å². The molecule has 3 nitrogen and oxygen atoms in total. The Bertz CT molecular complexity index is 167. The van der Waals surface area contributed by atoms with Gasteiger partial charge in [0, 0.05) is 0 Å². The van der Waals surface area contributed by atoms with Gasteiger partial charge in [-0.2, -0.15) is 0 Å². The first kappa shape index (κ1) is 11.0. The van der Waals surface area contributed by atoms with E-state index in [0.717, 1.165) is 0 Å². The van der Waals surface area contributed by atoms with Crippen molar-refractivity contribution in [2.45, 2.75) is 0 Å². The Labute approximate surface area is 72.1 Å². The molecule has 2 N–H and O–H groups in total. The standard InChI is InChI=1S/C6H12NO2PS/c1-3-5-8-10(7,11)9-6-4-2/h3-4H,1-2,5-6H2,(H2,7,11). The molecule has 5 heteroatoms. The lowest BCUT2D eigenvalue weighted by atomic mass is 10.7. The summed E-state index contributed by atoms with van der Waals surface area (Å²) < 4.78 is 9.99. The normalized spacial score (nSPS) is 11.0. The van der Waals surface area contributed by atoms with Crippen LogP contribution in [0.5, 0.6) is 0 Å². The molecule has 0 radical (unpaired) electrons. The van der Waals surface area contributed by atoms with E-state index < -0.39 is 6.64 Å². The number of rotatable bonds is 6. The van der Waals surface area contributed by atoms with Crippen molar-refractivity contribution in [3.63, 3.8) is 0 Å². The van der Waals surface area contributed by atoms with Gasteiger partial charge in [0.25, 0.3) is 6.64 Å². The van der Waals surface area contributed by atoms with Gasteiger partial charge in [-0.1, -0.05) is 12.2 Å². The highest BCUT2D eigenvalue weighted by molar-refractivity contribution is 8.08. The molecule has 0 aliphatic heterocycles. The highest BCUT2D eigenvalue weighted by atomic mass is 32.5.